The third kappa shape index (κ3) is 3.74. The predicted octanol–water partition coefficient (Wildman–Crippen LogP) is 0.868. The van der Waals surface area contributed by atoms with Crippen LogP contribution in [0.4, 0.5) is 0 Å². The molecule has 24 heavy (non-hydrogen) atoms. The Kier molecular flexibility index (Phi) is 7.59. The summed E-state index contributed by atoms with van der Waals surface area (Å²) < 4.78 is 5.20. The molecule has 0 aliphatic carbocycles. The minimum absolute atomic E-state index is 0.431. The van der Waals surface area contributed by atoms with Gasteiger partial charge in [0.05, 0.1) is 6.61 Å². The molecule has 1 rings (SSSR count). The highest BCUT2D eigenvalue weighted by atomic mass is 16.6. The van der Waals surface area contributed by atoms with Crippen LogP contribution in [0.15, 0.2) is 24.3 Å². The van der Waals surface area contributed by atoms with E-state index >= 15 is 0 Å². The smallest absolute Gasteiger partial charge is 0.187 e. The molecule has 1 saturated heterocycles. The molecule has 1 aliphatic rings. The zero-order valence-corrected chi connectivity index (χ0v) is 14.9. The molecule has 0 aromatic rings. The van der Waals surface area contributed by atoms with Gasteiger partial charge >= 0.3 is 0 Å². The number of ether oxygens (including phenoxy) is 1. The second kappa shape index (κ2) is 8.56. The van der Waals surface area contributed by atoms with Gasteiger partial charge < -0.3 is 30.3 Å². The molecule has 0 aromatic carbocycles. The highest BCUT2D eigenvalue weighted by Crippen LogP contribution is 2.49. The molecular formula is C18H32O6. The van der Waals surface area contributed by atoms with Crippen LogP contribution in [0.2, 0.25) is 0 Å². The van der Waals surface area contributed by atoms with E-state index in [1.54, 1.807) is 0 Å². The van der Waals surface area contributed by atoms with Crippen molar-refractivity contribution < 1.29 is 30.3 Å². The second-order valence-corrected chi connectivity index (χ2v) is 6.90. The van der Waals surface area contributed by atoms with Gasteiger partial charge in [-0.2, -0.15) is 0 Å². The normalized spacial score (nSPS) is 36.0. The Hall–Kier alpha value is -0.760. The van der Waals surface area contributed by atoms with Crippen LogP contribution in [0.1, 0.15) is 46.5 Å². The van der Waals surface area contributed by atoms with Crippen LogP contribution in [0, 0.1) is 5.41 Å². The molecule has 0 bridgehead atoms. The molecule has 0 spiro atoms. The third-order valence-electron chi connectivity index (χ3n) is 5.04. The molecule has 1 fully saturated rings. The van der Waals surface area contributed by atoms with Gasteiger partial charge in [-0.1, -0.05) is 31.1 Å². The first kappa shape index (κ1) is 21.3. The maximum absolute atomic E-state index is 11.2. The van der Waals surface area contributed by atoms with Gasteiger partial charge in [0.25, 0.3) is 0 Å². The Labute approximate surface area is 144 Å². The Bertz CT molecular complexity index is 447. The quantitative estimate of drug-likeness (QED) is 0.418. The summed E-state index contributed by atoms with van der Waals surface area (Å²) in [7, 11) is 0. The summed E-state index contributed by atoms with van der Waals surface area (Å²) in [5, 5.41) is 51.6. The molecule has 2 unspecified atom stereocenters. The predicted molar refractivity (Wildman–Crippen MR) is 91.1 cm³/mol. The number of allylic oxidation sites excluding steroid dienone is 2. The van der Waals surface area contributed by atoms with Crippen molar-refractivity contribution in [3.8, 4) is 0 Å². The number of hydrogen-bond donors (Lipinski definition) is 5. The number of hydrogen-bond acceptors (Lipinski definition) is 6. The van der Waals surface area contributed by atoms with Crippen molar-refractivity contribution in [3.05, 3.63) is 24.3 Å². The van der Waals surface area contributed by atoms with Crippen LogP contribution < -0.4 is 0 Å². The molecule has 5 N–H and O–H groups in total. The number of aliphatic hydroxyl groups excluding tert-OH is 4. The zero-order valence-electron chi connectivity index (χ0n) is 14.9. The van der Waals surface area contributed by atoms with Gasteiger partial charge in [-0.25, -0.2) is 0 Å². The van der Waals surface area contributed by atoms with Crippen molar-refractivity contribution >= 4 is 0 Å². The molecule has 6 nitrogen and oxygen atoms in total. The van der Waals surface area contributed by atoms with E-state index in [0.717, 1.165) is 5.57 Å². The van der Waals surface area contributed by atoms with Crippen molar-refractivity contribution in [2.45, 2.75) is 76.7 Å². The van der Waals surface area contributed by atoms with Crippen LogP contribution in [0.25, 0.3) is 0 Å². The minimum atomic E-state index is -2.12. The molecule has 0 radical (unpaired) electrons. The summed E-state index contributed by atoms with van der Waals surface area (Å²) in [4.78, 5) is 0. The van der Waals surface area contributed by atoms with Crippen molar-refractivity contribution in [2.24, 2.45) is 5.41 Å². The molecule has 0 aromatic heterocycles. The van der Waals surface area contributed by atoms with Gasteiger partial charge in [0.1, 0.15) is 18.3 Å². The Morgan fingerprint density at radius 2 is 1.88 bits per heavy atom. The summed E-state index contributed by atoms with van der Waals surface area (Å²) in [6.45, 7) is 9.10. The fraction of sp³-hybridized carbons (Fsp3) is 0.778. The van der Waals surface area contributed by atoms with E-state index in [-0.39, 0.29) is 0 Å². The average Bonchev–Trinajstić information content (AvgIpc) is 2.54. The molecule has 0 amide bonds. The van der Waals surface area contributed by atoms with Crippen molar-refractivity contribution in [1.82, 2.24) is 0 Å². The monoisotopic (exact) mass is 344 g/mol. The highest BCUT2D eigenvalue weighted by molar-refractivity contribution is 5.17. The Morgan fingerprint density at radius 3 is 2.33 bits per heavy atom. The van der Waals surface area contributed by atoms with Crippen molar-refractivity contribution in [3.63, 3.8) is 0 Å². The summed E-state index contributed by atoms with van der Waals surface area (Å²) in [5.74, 6) is 0. The lowest BCUT2D eigenvalue weighted by Gasteiger charge is -2.55. The van der Waals surface area contributed by atoms with Gasteiger partial charge in [-0.05, 0) is 33.1 Å². The van der Waals surface area contributed by atoms with E-state index in [0.29, 0.717) is 25.7 Å². The van der Waals surface area contributed by atoms with Crippen LogP contribution in [-0.2, 0) is 4.74 Å². The molecule has 0 saturated carbocycles. The second-order valence-electron chi connectivity index (χ2n) is 6.90. The van der Waals surface area contributed by atoms with Gasteiger partial charge in [-0.15, -0.1) is 6.58 Å². The fourth-order valence-electron chi connectivity index (χ4n) is 3.61. The lowest BCUT2D eigenvalue weighted by molar-refractivity contribution is -0.355. The molecule has 1 aliphatic heterocycles. The number of rotatable bonds is 8. The third-order valence-corrected chi connectivity index (χ3v) is 5.04. The van der Waals surface area contributed by atoms with Crippen LogP contribution in [0.3, 0.4) is 0 Å². The molecular weight excluding hydrogens is 312 g/mol. The van der Waals surface area contributed by atoms with E-state index in [4.69, 9.17) is 4.74 Å². The first-order valence-electron chi connectivity index (χ1n) is 8.50. The van der Waals surface area contributed by atoms with E-state index in [1.165, 1.54) is 6.08 Å². The first-order valence-corrected chi connectivity index (χ1v) is 8.50. The standard InChI is InChI=1S/C18H32O6/c1-5-9-17(6-2,10-7-8-12(3)4)18(23)15(21)14(20)13(11-19)24-16(18)22/h6,8,13-16,19-23H,2,5,7,9-11H2,1,3-4H3/t13-,14-,15+,16?,17?,18-/m1/s1. The van der Waals surface area contributed by atoms with Gasteiger partial charge in [-0.3, -0.25) is 0 Å². The summed E-state index contributed by atoms with van der Waals surface area (Å²) in [5.41, 5.74) is -2.04. The van der Waals surface area contributed by atoms with Crippen LogP contribution >= 0.6 is 0 Å². The summed E-state index contributed by atoms with van der Waals surface area (Å²) in [6, 6.07) is 0. The van der Waals surface area contributed by atoms with Gasteiger partial charge in [0, 0.05) is 5.41 Å². The zero-order chi connectivity index (χ0) is 18.5. The topological polar surface area (TPSA) is 110 Å². The van der Waals surface area contributed by atoms with Crippen molar-refractivity contribution in [2.75, 3.05) is 6.61 Å². The number of aliphatic hydroxyl groups is 5. The highest BCUT2D eigenvalue weighted by Gasteiger charge is 2.63. The lowest BCUT2D eigenvalue weighted by atomic mass is 9.61. The maximum atomic E-state index is 11.2. The molecule has 140 valence electrons. The largest absolute Gasteiger partial charge is 0.394 e. The maximum Gasteiger partial charge on any atom is 0.187 e. The molecule has 6 heteroatoms. The Morgan fingerprint density at radius 1 is 1.25 bits per heavy atom. The van der Waals surface area contributed by atoms with Gasteiger partial charge in [0.2, 0.25) is 0 Å². The van der Waals surface area contributed by atoms with Crippen LogP contribution in [0.5, 0.6) is 0 Å². The van der Waals surface area contributed by atoms with E-state index in [2.05, 4.69) is 6.58 Å². The summed E-state index contributed by atoms with van der Waals surface area (Å²) in [6.07, 6.45) is -0.349. The fourth-order valence-corrected chi connectivity index (χ4v) is 3.61. The molecule has 1 heterocycles. The van der Waals surface area contributed by atoms with Crippen LogP contribution in [-0.4, -0.2) is 62.3 Å². The molecule has 6 atom stereocenters. The van der Waals surface area contributed by atoms with E-state index < -0.39 is 42.2 Å². The average molecular weight is 344 g/mol. The lowest BCUT2D eigenvalue weighted by Crippen LogP contribution is -2.72. The Balaban J connectivity index is 3.27. The minimum Gasteiger partial charge on any atom is -0.394 e. The first-order chi connectivity index (χ1) is 11.2. The SMILES string of the molecule is C=CC(CCC)(CCC=C(C)C)[C@]1(O)C(O)O[C@H](CO)[C@@H](O)[C@@H]1O. The summed E-state index contributed by atoms with van der Waals surface area (Å²) >= 11 is 0. The van der Waals surface area contributed by atoms with E-state index in [9.17, 15) is 25.5 Å². The van der Waals surface area contributed by atoms with Gasteiger partial charge in [0.15, 0.2) is 11.9 Å². The van der Waals surface area contributed by atoms with E-state index in [1.807, 2.05) is 26.8 Å². The van der Waals surface area contributed by atoms with Crippen molar-refractivity contribution in [1.29, 1.82) is 0 Å².